The van der Waals surface area contributed by atoms with Gasteiger partial charge in [-0.25, -0.2) is 0 Å². The highest BCUT2D eigenvalue weighted by molar-refractivity contribution is 9.09. The van der Waals surface area contributed by atoms with Gasteiger partial charge in [0.25, 0.3) is 0 Å². The van der Waals surface area contributed by atoms with E-state index in [1.807, 2.05) is 0 Å². The number of alkyl halides is 1. The van der Waals surface area contributed by atoms with Gasteiger partial charge >= 0.3 is 11.7 Å². The van der Waals surface area contributed by atoms with Gasteiger partial charge in [-0.1, -0.05) is 15.9 Å². The third-order valence-electron chi connectivity index (χ3n) is 3.36. The first-order valence-corrected chi connectivity index (χ1v) is 7.41. The molecular weight excluding hydrogens is 346 g/mol. The van der Waals surface area contributed by atoms with Crippen molar-refractivity contribution in [2.24, 2.45) is 7.05 Å². The third-order valence-corrected chi connectivity index (χ3v) is 4.21. The fraction of sp³-hybridized carbons (Fsp3) is 0.667. The minimum Gasteiger partial charge on any atom is -0.461 e. The summed E-state index contributed by atoms with van der Waals surface area (Å²) in [7, 11) is 1.64. The van der Waals surface area contributed by atoms with Crippen molar-refractivity contribution in [1.82, 2.24) is 9.78 Å². The molecule has 0 amide bonds. The molecule has 0 bridgehead atoms. The lowest BCUT2D eigenvalue weighted by molar-refractivity contribution is -0.386. The maximum Gasteiger partial charge on any atom is 0.312 e. The summed E-state index contributed by atoms with van der Waals surface area (Å²) in [6.07, 6.45) is 1.54. The van der Waals surface area contributed by atoms with E-state index >= 15 is 0 Å². The van der Waals surface area contributed by atoms with E-state index in [2.05, 4.69) is 21.0 Å². The highest BCUT2D eigenvalue weighted by Crippen LogP contribution is 2.34. The number of nitro groups is 1. The van der Waals surface area contributed by atoms with Crippen molar-refractivity contribution in [2.75, 3.05) is 6.61 Å². The summed E-state index contributed by atoms with van der Waals surface area (Å²) in [5, 5.41) is 15.0. The third kappa shape index (κ3) is 3.59. The Labute approximate surface area is 129 Å². The standard InChI is InChI=1S/C12H16BrN3O5/c1-7(17)21-10-3-4-11(20-6-8(10)13)12-9(16(18)19)5-14-15(12)2/h5,8,10-11H,3-4,6H2,1-2H3/t8-,10+,11+/m0/s1. The molecule has 0 radical (unpaired) electrons. The molecule has 2 heterocycles. The number of ether oxygens (including phenoxy) is 2. The molecule has 21 heavy (non-hydrogen) atoms. The lowest BCUT2D eigenvalue weighted by Crippen LogP contribution is -2.27. The van der Waals surface area contributed by atoms with Crippen molar-refractivity contribution >= 4 is 27.6 Å². The van der Waals surface area contributed by atoms with Crippen molar-refractivity contribution in [1.29, 1.82) is 0 Å². The fourth-order valence-corrected chi connectivity index (χ4v) is 2.93. The Kier molecular flexibility index (Phi) is 4.94. The summed E-state index contributed by atoms with van der Waals surface area (Å²) < 4.78 is 12.4. The lowest BCUT2D eigenvalue weighted by atomic mass is 10.1. The quantitative estimate of drug-likeness (QED) is 0.353. The van der Waals surface area contributed by atoms with Gasteiger partial charge in [-0.15, -0.1) is 0 Å². The molecular formula is C12H16BrN3O5. The van der Waals surface area contributed by atoms with Crippen LogP contribution in [-0.2, 0) is 21.3 Å². The van der Waals surface area contributed by atoms with Crippen molar-refractivity contribution in [2.45, 2.75) is 36.8 Å². The Bertz CT molecular complexity index is 547. The van der Waals surface area contributed by atoms with Gasteiger partial charge in [0.1, 0.15) is 24.1 Å². The van der Waals surface area contributed by atoms with E-state index in [1.54, 1.807) is 7.05 Å². The van der Waals surface area contributed by atoms with E-state index in [-0.39, 0.29) is 22.6 Å². The second-order valence-corrected chi connectivity index (χ2v) is 6.04. The van der Waals surface area contributed by atoms with Crippen LogP contribution in [0.25, 0.3) is 0 Å². The Morgan fingerprint density at radius 2 is 2.33 bits per heavy atom. The number of carbonyl (C=O) groups excluding carboxylic acids is 1. The van der Waals surface area contributed by atoms with Gasteiger partial charge in [0.2, 0.25) is 0 Å². The molecule has 0 saturated carbocycles. The van der Waals surface area contributed by atoms with Crippen LogP contribution < -0.4 is 0 Å². The molecule has 1 aromatic rings. The molecule has 1 aliphatic rings. The molecule has 0 unspecified atom stereocenters. The summed E-state index contributed by atoms with van der Waals surface area (Å²) in [6.45, 7) is 1.65. The lowest BCUT2D eigenvalue weighted by Gasteiger charge is -2.18. The summed E-state index contributed by atoms with van der Waals surface area (Å²) in [5.41, 5.74) is 0.378. The number of aromatic nitrogens is 2. The van der Waals surface area contributed by atoms with Crippen LogP contribution >= 0.6 is 15.9 Å². The molecule has 2 rings (SSSR count). The number of nitrogens with zero attached hydrogens (tertiary/aromatic N) is 3. The average Bonchev–Trinajstić information content (AvgIpc) is 2.70. The molecule has 1 saturated heterocycles. The van der Waals surface area contributed by atoms with Gasteiger partial charge in [-0.3, -0.25) is 19.6 Å². The van der Waals surface area contributed by atoms with Crippen LogP contribution in [0.3, 0.4) is 0 Å². The van der Waals surface area contributed by atoms with Crippen molar-refractivity contribution in [3.8, 4) is 0 Å². The minimum absolute atomic E-state index is 0.0560. The maximum absolute atomic E-state index is 11.1. The van der Waals surface area contributed by atoms with Gasteiger partial charge in [-0.05, 0) is 12.8 Å². The van der Waals surface area contributed by atoms with Crippen LogP contribution in [0.5, 0.6) is 0 Å². The van der Waals surface area contributed by atoms with Crippen LogP contribution in [0.15, 0.2) is 6.20 Å². The number of hydrogen-bond donors (Lipinski definition) is 0. The predicted molar refractivity (Wildman–Crippen MR) is 76.1 cm³/mol. The summed E-state index contributed by atoms with van der Waals surface area (Å²) >= 11 is 3.43. The molecule has 116 valence electrons. The summed E-state index contributed by atoms with van der Waals surface area (Å²) in [5.74, 6) is -0.352. The Morgan fingerprint density at radius 1 is 1.62 bits per heavy atom. The zero-order chi connectivity index (χ0) is 15.6. The van der Waals surface area contributed by atoms with Crippen molar-refractivity contribution in [3.63, 3.8) is 0 Å². The molecule has 0 aliphatic carbocycles. The van der Waals surface area contributed by atoms with Crippen LogP contribution in [0.2, 0.25) is 0 Å². The zero-order valence-electron chi connectivity index (χ0n) is 11.7. The predicted octanol–water partition coefficient (Wildman–Crippen LogP) is 1.87. The molecule has 0 spiro atoms. The molecule has 3 atom stereocenters. The Hall–Kier alpha value is -1.48. The molecule has 0 aromatic carbocycles. The van der Waals surface area contributed by atoms with Crippen LogP contribution in [0.4, 0.5) is 5.69 Å². The zero-order valence-corrected chi connectivity index (χ0v) is 13.3. The first-order chi connectivity index (χ1) is 9.90. The molecule has 8 nitrogen and oxygen atoms in total. The first kappa shape index (κ1) is 15.9. The van der Waals surface area contributed by atoms with E-state index in [4.69, 9.17) is 9.47 Å². The molecule has 1 aromatic heterocycles. The van der Waals surface area contributed by atoms with Gasteiger partial charge < -0.3 is 9.47 Å². The SMILES string of the molecule is CC(=O)O[C@@H]1CC[C@H](c2c([N+](=O)[O-])cnn2C)OC[C@@H]1Br. The topological polar surface area (TPSA) is 96.5 Å². The van der Waals surface area contributed by atoms with Gasteiger partial charge in [0, 0.05) is 14.0 Å². The fourth-order valence-electron chi connectivity index (χ4n) is 2.41. The second-order valence-electron chi connectivity index (χ2n) is 4.86. The van der Waals surface area contributed by atoms with Gasteiger partial charge in [0.15, 0.2) is 0 Å². The first-order valence-electron chi connectivity index (χ1n) is 6.49. The van der Waals surface area contributed by atoms with E-state index in [1.165, 1.54) is 17.8 Å². The van der Waals surface area contributed by atoms with E-state index in [9.17, 15) is 14.9 Å². The molecule has 0 N–H and O–H groups in total. The van der Waals surface area contributed by atoms with Crippen molar-refractivity contribution in [3.05, 3.63) is 22.0 Å². The number of aryl methyl sites for hydroxylation is 1. The summed E-state index contributed by atoms with van der Waals surface area (Å²) in [6, 6.07) is 0. The molecule has 1 fully saturated rings. The van der Waals surface area contributed by atoms with Crippen LogP contribution in [-0.4, -0.2) is 38.2 Å². The Balaban J connectivity index is 2.18. The highest BCUT2D eigenvalue weighted by atomic mass is 79.9. The Morgan fingerprint density at radius 3 is 2.95 bits per heavy atom. The van der Waals surface area contributed by atoms with Crippen LogP contribution in [0.1, 0.15) is 31.6 Å². The van der Waals surface area contributed by atoms with E-state index < -0.39 is 11.0 Å². The normalized spacial score (nSPS) is 26.1. The maximum atomic E-state index is 11.1. The van der Waals surface area contributed by atoms with Gasteiger partial charge in [0.05, 0.1) is 16.4 Å². The molecule has 9 heteroatoms. The van der Waals surface area contributed by atoms with E-state index in [0.29, 0.717) is 25.1 Å². The van der Waals surface area contributed by atoms with Gasteiger partial charge in [-0.2, -0.15) is 5.10 Å². The number of rotatable bonds is 3. The molecule has 1 aliphatic heterocycles. The number of carbonyl (C=O) groups is 1. The summed E-state index contributed by atoms with van der Waals surface area (Å²) in [4.78, 5) is 21.5. The average molecular weight is 362 g/mol. The number of esters is 1. The van der Waals surface area contributed by atoms with E-state index in [0.717, 1.165) is 0 Å². The smallest absolute Gasteiger partial charge is 0.312 e. The highest BCUT2D eigenvalue weighted by Gasteiger charge is 2.34. The van der Waals surface area contributed by atoms with Crippen LogP contribution in [0, 0.1) is 10.1 Å². The second kappa shape index (κ2) is 6.52. The minimum atomic E-state index is -0.467. The number of hydrogen-bond acceptors (Lipinski definition) is 6. The van der Waals surface area contributed by atoms with Crippen molar-refractivity contribution < 1.29 is 19.2 Å². The largest absolute Gasteiger partial charge is 0.461 e. The number of halogens is 1. The monoisotopic (exact) mass is 361 g/mol.